The maximum atomic E-state index is 5.86. The summed E-state index contributed by atoms with van der Waals surface area (Å²) in [6, 6.07) is 0. The first kappa shape index (κ1) is 13.4. The van der Waals surface area contributed by atoms with Gasteiger partial charge >= 0.3 is 0 Å². The SMILES string of the molecule is CCC1CCC(CNc2ncnc(Cl)c2N)CC1. The minimum Gasteiger partial charge on any atom is -0.393 e. The molecule has 1 saturated carbocycles. The summed E-state index contributed by atoms with van der Waals surface area (Å²) in [5.41, 5.74) is 6.27. The molecule has 0 atom stereocenters. The summed E-state index contributed by atoms with van der Waals surface area (Å²) in [5, 5.41) is 3.62. The fourth-order valence-electron chi connectivity index (χ4n) is 2.60. The van der Waals surface area contributed by atoms with Crippen LogP contribution < -0.4 is 11.1 Å². The van der Waals surface area contributed by atoms with Gasteiger partial charge in [-0.2, -0.15) is 0 Å². The zero-order valence-corrected chi connectivity index (χ0v) is 11.6. The van der Waals surface area contributed by atoms with Crippen molar-refractivity contribution in [1.82, 2.24) is 9.97 Å². The smallest absolute Gasteiger partial charge is 0.157 e. The van der Waals surface area contributed by atoms with Gasteiger partial charge in [0.2, 0.25) is 0 Å². The van der Waals surface area contributed by atoms with E-state index in [9.17, 15) is 0 Å². The van der Waals surface area contributed by atoms with Gasteiger partial charge in [0.25, 0.3) is 0 Å². The molecule has 2 rings (SSSR count). The van der Waals surface area contributed by atoms with Crippen LogP contribution in [0.4, 0.5) is 11.5 Å². The normalized spacial score (nSPS) is 23.9. The van der Waals surface area contributed by atoms with Gasteiger partial charge in [0.15, 0.2) is 11.0 Å². The van der Waals surface area contributed by atoms with Crippen LogP contribution in [0.15, 0.2) is 6.33 Å². The lowest BCUT2D eigenvalue weighted by atomic mass is 9.81. The van der Waals surface area contributed by atoms with Gasteiger partial charge in [-0.15, -0.1) is 0 Å². The molecule has 5 heteroatoms. The standard InChI is InChI=1S/C13H21ClN4/c1-2-9-3-5-10(6-4-9)7-16-13-11(15)12(14)17-8-18-13/h8-10H,2-7,15H2,1H3,(H,16,17,18). The van der Waals surface area contributed by atoms with Gasteiger partial charge in [-0.25, -0.2) is 9.97 Å². The summed E-state index contributed by atoms with van der Waals surface area (Å²) in [6.45, 7) is 3.21. The van der Waals surface area contributed by atoms with Crippen molar-refractivity contribution < 1.29 is 0 Å². The van der Waals surface area contributed by atoms with Gasteiger partial charge in [0.05, 0.1) is 0 Å². The van der Waals surface area contributed by atoms with Crippen LogP contribution in [0.25, 0.3) is 0 Å². The average molecular weight is 269 g/mol. The third-order valence-electron chi connectivity index (χ3n) is 3.94. The van der Waals surface area contributed by atoms with Crippen LogP contribution in [-0.4, -0.2) is 16.5 Å². The van der Waals surface area contributed by atoms with Gasteiger partial charge in [-0.05, 0) is 24.7 Å². The van der Waals surface area contributed by atoms with Crippen molar-refractivity contribution in [3.8, 4) is 0 Å². The highest BCUT2D eigenvalue weighted by atomic mass is 35.5. The van der Waals surface area contributed by atoms with E-state index in [1.165, 1.54) is 38.4 Å². The molecule has 0 aromatic carbocycles. The first-order valence-corrected chi connectivity index (χ1v) is 7.08. The summed E-state index contributed by atoms with van der Waals surface area (Å²) in [7, 11) is 0. The van der Waals surface area contributed by atoms with E-state index < -0.39 is 0 Å². The summed E-state index contributed by atoms with van der Waals surface area (Å²) >= 11 is 5.86. The number of halogens is 1. The zero-order chi connectivity index (χ0) is 13.0. The molecular weight excluding hydrogens is 248 g/mol. The molecule has 0 bridgehead atoms. The van der Waals surface area contributed by atoms with Crippen molar-refractivity contribution >= 4 is 23.1 Å². The van der Waals surface area contributed by atoms with Gasteiger partial charge in [-0.3, -0.25) is 0 Å². The lowest BCUT2D eigenvalue weighted by Crippen LogP contribution is -2.21. The molecule has 1 aliphatic rings. The molecule has 0 spiro atoms. The lowest BCUT2D eigenvalue weighted by Gasteiger charge is -2.28. The molecule has 0 unspecified atom stereocenters. The Morgan fingerprint density at radius 3 is 2.61 bits per heavy atom. The fourth-order valence-corrected chi connectivity index (χ4v) is 2.73. The first-order valence-electron chi connectivity index (χ1n) is 6.70. The number of hydrogen-bond acceptors (Lipinski definition) is 4. The number of aromatic nitrogens is 2. The van der Waals surface area contributed by atoms with E-state index in [-0.39, 0.29) is 0 Å². The molecular formula is C13H21ClN4. The minimum atomic E-state index is 0.321. The van der Waals surface area contributed by atoms with Crippen LogP contribution in [0, 0.1) is 11.8 Å². The number of nitrogens with zero attached hydrogens (tertiary/aromatic N) is 2. The highest BCUT2D eigenvalue weighted by molar-refractivity contribution is 6.32. The van der Waals surface area contributed by atoms with Crippen molar-refractivity contribution in [2.45, 2.75) is 39.0 Å². The molecule has 18 heavy (non-hydrogen) atoms. The Kier molecular flexibility index (Phi) is 4.64. The maximum Gasteiger partial charge on any atom is 0.157 e. The third-order valence-corrected chi connectivity index (χ3v) is 4.24. The second kappa shape index (κ2) is 6.23. The van der Waals surface area contributed by atoms with E-state index in [0.717, 1.165) is 18.4 Å². The zero-order valence-electron chi connectivity index (χ0n) is 10.8. The van der Waals surface area contributed by atoms with Crippen molar-refractivity contribution in [3.05, 3.63) is 11.5 Å². The maximum absolute atomic E-state index is 5.86. The van der Waals surface area contributed by atoms with Crippen LogP contribution >= 0.6 is 11.6 Å². The number of nitrogen functional groups attached to an aromatic ring is 1. The Morgan fingerprint density at radius 2 is 1.94 bits per heavy atom. The van der Waals surface area contributed by atoms with Crippen LogP contribution in [0.1, 0.15) is 39.0 Å². The van der Waals surface area contributed by atoms with E-state index in [0.29, 0.717) is 16.7 Å². The molecule has 1 heterocycles. The number of rotatable bonds is 4. The topological polar surface area (TPSA) is 63.8 Å². The molecule has 1 fully saturated rings. The lowest BCUT2D eigenvalue weighted by molar-refractivity contribution is 0.278. The van der Waals surface area contributed by atoms with E-state index in [1.807, 2.05) is 0 Å². The van der Waals surface area contributed by atoms with Crippen molar-refractivity contribution in [2.24, 2.45) is 11.8 Å². The van der Waals surface area contributed by atoms with E-state index >= 15 is 0 Å². The predicted octanol–water partition coefficient (Wildman–Crippen LogP) is 3.34. The summed E-state index contributed by atoms with van der Waals surface area (Å²) < 4.78 is 0. The van der Waals surface area contributed by atoms with Crippen LogP contribution in [0.2, 0.25) is 5.15 Å². The average Bonchev–Trinajstić information content (AvgIpc) is 2.41. The largest absolute Gasteiger partial charge is 0.393 e. The minimum absolute atomic E-state index is 0.321. The van der Waals surface area contributed by atoms with Gasteiger partial charge < -0.3 is 11.1 Å². The number of nitrogens with one attached hydrogen (secondary N) is 1. The fraction of sp³-hybridized carbons (Fsp3) is 0.692. The molecule has 0 saturated heterocycles. The Labute approximate surface area is 113 Å². The van der Waals surface area contributed by atoms with E-state index in [4.69, 9.17) is 17.3 Å². The molecule has 0 amide bonds. The van der Waals surface area contributed by atoms with Crippen molar-refractivity contribution in [1.29, 1.82) is 0 Å². The molecule has 3 N–H and O–H groups in total. The highest BCUT2D eigenvalue weighted by Gasteiger charge is 2.20. The number of hydrogen-bond donors (Lipinski definition) is 2. The Morgan fingerprint density at radius 1 is 1.28 bits per heavy atom. The second-order valence-corrected chi connectivity index (χ2v) is 5.46. The molecule has 1 aromatic rings. The number of anilines is 2. The molecule has 1 aromatic heterocycles. The van der Waals surface area contributed by atoms with E-state index in [1.54, 1.807) is 0 Å². The first-order chi connectivity index (χ1) is 8.70. The molecule has 4 nitrogen and oxygen atoms in total. The summed E-state index contributed by atoms with van der Waals surface area (Å²) in [4.78, 5) is 7.97. The Hall–Kier alpha value is -1.03. The summed E-state index contributed by atoms with van der Waals surface area (Å²) in [5.74, 6) is 2.31. The molecule has 100 valence electrons. The monoisotopic (exact) mass is 268 g/mol. The molecule has 1 aliphatic carbocycles. The van der Waals surface area contributed by atoms with Gasteiger partial charge in [0.1, 0.15) is 12.0 Å². The van der Waals surface area contributed by atoms with Crippen LogP contribution in [-0.2, 0) is 0 Å². The Bertz CT molecular complexity index is 389. The van der Waals surface area contributed by atoms with Crippen molar-refractivity contribution in [2.75, 3.05) is 17.6 Å². The number of nitrogens with two attached hydrogens (primary N) is 1. The van der Waals surface area contributed by atoms with Gasteiger partial charge in [-0.1, -0.05) is 37.8 Å². The predicted molar refractivity (Wildman–Crippen MR) is 75.7 cm³/mol. The van der Waals surface area contributed by atoms with E-state index in [2.05, 4.69) is 22.2 Å². The van der Waals surface area contributed by atoms with Gasteiger partial charge in [0, 0.05) is 6.54 Å². The Balaban J connectivity index is 1.83. The molecule has 0 radical (unpaired) electrons. The van der Waals surface area contributed by atoms with Crippen LogP contribution in [0.3, 0.4) is 0 Å². The quantitative estimate of drug-likeness (QED) is 0.822. The van der Waals surface area contributed by atoms with Crippen molar-refractivity contribution in [3.63, 3.8) is 0 Å². The summed E-state index contributed by atoms with van der Waals surface area (Å²) in [6.07, 6.45) is 8.05. The highest BCUT2D eigenvalue weighted by Crippen LogP contribution is 2.31. The van der Waals surface area contributed by atoms with Crippen LogP contribution in [0.5, 0.6) is 0 Å². The third kappa shape index (κ3) is 3.25. The second-order valence-electron chi connectivity index (χ2n) is 5.10. The molecule has 0 aliphatic heterocycles.